The average Bonchev–Trinajstić information content (AvgIpc) is 2.41. The van der Waals surface area contributed by atoms with E-state index in [1.54, 1.807) is 24.3 Å². The van der Waals surface area contributed by atoms with Crippen LogP contribution in [0.3, 0.4) is 0 Å². The highest BCUT2D eigenvalue weighted by Gasteiger charge is 2.12. The molecule has 0 atom stereocenters. The van der Waals surface area contributed by atoms with Gasteiger partial charge >= 0.3 is 0 Å². The molecule has 1 heterocycles. The molecule has 5 nitrogen and oxygen atoms in total. The molecule has 0 fully saturated rings. The van der Waals surface area contributed by atoms with Crippen LogP contribution < -0.4 is 16.6 Å². The third kappa shape index (κ3) is 3.23. The molecular formula is C12H10BrClN4O. The van der Waals surface area contributed by atoms with Crippen LogP contribution in [0.1, 0.15) is 10.4 Å². The van der Waals surface area contributed by atoms with Crippen molar-refractivity contribution in [2.24, 2.45) is 5.84 Å². The zero-order valence-corrected chi connectivity index (χ0v) is 12.0. The number of nitrogen functional groups attached to an aromatic ring is 1. The van der Waals surface area contributed by atoms with Gasteiger partial charge in [-0.05, 0) is 24.3 Å². The monoisotopic (exact) mass is 340 g/mol. The molecule has 0 saturated heterocycles. The Morgan fingerprint density at radius 1 is 1.32 bits per heavy atom. The van der Waals surface area contributed by atoms with Gasteiger partial charge in [0.05, 0.1) is 28.2 Å². The lowest BCUT2D eigenvalue weighted by molar-refractivity contribution is 0.102. The van der Waals surface area contributed by atoms with E-state index in [1.165, 1.54) is 12.4 Å². The lowest BCUT2D eigenvalue weighted by atomic mass is 10.2. The second kappa shape index (κ2) is 6.01. The van der Waals surface area contributed by atoms with Crippen molar-refractivity contribution in [2.45, 2.75) is 0 Å². The molecule has 0 aliphatic carbocycles. The van der Waals surface area contributed by atoms with E-state index >= 15 is 0 Å². The number of nitrogens with two attached hydrogens (primary N) is 1. The van der Waals surface area contributed by atoms with Crippen LogP contribution in [0.5, 0.6) is 0 Å². The number of pyridine rings is 1. The predicted octanol–water partition coefficient (Wildman–Crippen LogP) is 3.04. The van der Waals surface area contributed by atoms with Gasteiger partial charge in [0.25, 0.3) is 5.91 Å². The van der Waals surface area contributed by atoms with Crippen molar-refractivity contribution >= 4 is 44.8 Å². The average molecular weight is 342 g/mol. The summed E-state index contributed by atoms with van der Waals surface area (Å²) >= 11 is 9.34. The summed E-state index contributed by atoms with van der Waals surface area (Å²) in [6.45, 7) is 0. The number of carbonyl (C=O) groups excluding carboxylic acids is 1. The number of nitrogens with zero attached hydrogens (tertiary/aromatic N) is 1. The van der Waals surface area contributed by atoms with E-state index in [-0.39, 0.29) is 5.91 Å². The van der Waals surface area contributed by atoms with Crippen molar-refractivity contribution in [3.05, 3.63) is 51.7 Å². The van der Waals surface area contributed by atoms with Gasteiger partial charge in [-0.3, -0.25) is 15.6 Å². The first-order valence-electron chi connectivity index (χ1n) is 5.29. The minimum Gasteiger partial charge on any atom is -0.322 e. The van der Waals surface area contributed by atoms with Gasteiger partial charge in [0.2, 0.25) is 0 Å². The van der Waals surface area contributed by atoms with Crippen LogP contribution in [-0.2, 0) is 0 Å². The van der Waals surface area contributed by atoms with E-state index in [0.717, 1.165) is 4.47 Å². The van der Waals surface area contributed by atoms with Gasteiger partial charge in [0.1, 0.15) is 0 Å². The van der Waals surface area contributed by atoms with E-state index in [0.29, 0.717) is 22.0 Å². The van der Waals surface area contributed by atoms with E-state index < -0.39 is 0 Å². The second-order valence-electron chi connectivity index (χ2n) is 3.64. The Morgan fingerprint density at radius 3 is 2.79 bits per heavy atom. The van der Waals surface area contributed by atoms with Crippen LogP contribution in [0, 0.1) is 0 Å². The Labute approximate surface area is 123 Å². The van der Waals surface area contributed by atoms with Crippen molar-refractivity contribution in [3.63, 3.8) is 0 Å². The Hall–Kier alpha value is -1.63. The Morgan fingerprint density at radius 2 is 2.11 bits per heavy atom. The number of carbonyl (C=O) groups is 1. The Bertz CT molecular complexity index is 620. The summed E-state index contributed by atoms with van der Waals surface area (Å²) in [6.07, 6.45) is 2.98. The molecule has 0 spiro atoms. The van der Waals surface area contributed by atoms with Crippen LogP contribution in [0.25, 0.3) is 0 Å². The van der Waals surface area contributed by atoms with E-state index in [1.807, 2.05) is 0 Å². The number of benzene rings is 1. The zero-order chi connectivity index (χ0) is 13.8. The molecule has 0 aliphatic rings. The number of aromatic nitrogens is 1. The molecule has 98 valence electrons. The molecule has 19 heavy (non-hydrogen) atoms. The molecule has 1 amide bonds. The normalized spacial score (nSPS) is 10.1. The zero-order valence-electron chi connectivity index (χ0n) is 9.65. The topological polar surface area (TPSA) is 80.0 Å². The number of rotatable bonds is 3. The fourth-order valence-corrected chi connectivity index (χ4v) is 2.21. The number of amides is 1. The summed E-state index contributed by atoms with van der Waals surface area (Å²) in [6, 6.07) is 6.76. The van der Waals surface area contributed by atoms with Crippen LogP contribution in [-0.4, -0.2) is 10.9 Å². The number of hydrogen-bond acceptors (Lipinski definition) is 4. The fraction of sp³-hybridized carbons (Fsp3) is 0. The summed E-state index contributed by atoms with van der Waals surface area (Å²) in [5, 5.41) is 3.16. The standard InChI is InChI=1S/C12H10BrClN4O/c13-7-1-2-10(9(14)5-7)17-12(19)8-3-4-16-6-11(8)18-15/h1-6,18H,15H2,(H,17,19). The molecule has 2 rings (SSSR count). The van der Waals surface area contributed by atoms with Crippen LogP contribution in [0.4, 0.5) is 11.4 Å². The highest BCUT2D eigenvalue weighted by Crippen LogP contribution is 2.26. The lowest BCUT2D eigenvalue weighted by Gasteiger charge is -2.10. The quantitative estimate of drug-likeness (QED) is 0.592. The Balaban J connectivity index is 2.26. The summed E-state index contributed by atoms with van der Waals surface area (Å²) < 4.78 is 0.837. The van der Waals surface area contributed by atoms with Gasteiger partial charge in [-0.2, -0.15) is 0 Å². The number of anilines is 2. The maximum atomic E-state index is 12.1. The third-order valence-electron chi connectivity index (χ3n) is 2.40. The summed E-state index contributed by atoms with van der Waals surface area (Å²) in [4.78, 5) is 16.0. The van der Waals surface area contributed by atoms with Gasteiger partial charge in [-0.25, -0.2) is 0 Å². The van der Waals surface area contributed by atoms with E-state index in [2.05, 4.69) is 31.7 Å². The van der Waals surface area contributed by atoms with Gasteiger partial charge in [-0.15, -0.1) is 0 Å². The molecule has 2 aromatic rings. The molecular weight excluding hydrogens is 332 g/mol. The molecule has 4 N–H and O–H groups in total. The number of halogens is 2. The summed E-state index contributed by atoms with van der Waals surface area (Å²) in [5.41, 5.74) is 3.77. The molecule has 0 saturated carbocycles. The summed E-state index contributed by atoms with van der Waals surface area (Å²) in [5.74, 6) is 5.01. The lowest BCUT2D eigenvalue weighted by Crippen LogP contribution is -2.17. The Kier molecular flexibility index (Phi) is 4.36. The second-order valence-corrected chi connectivity index (χ2v) is 4.97. The van der Waals surface area contributed by atoms with E-state index in [4.69, 9.17) is 17.4 Å². The van der Waals surface area contributed by atoms with Crippen molar-refractivity contribution < 1.29 is 4.79 Å². The SMILES string of the molecule is NNc1cnccc1C(=O)Nc1ccc(Br)cc1Cl. The number of hydrogen-bond donors (Lipinski definition) is 3. The van der Waals surface area contributed by atoms with Gasteiger partial charge in [0, 0.05) is 10.7 Å². The van der Waals surface area contributed by atoms with Crippen molar-refractivity contribution in [1.29, 1.82) is 0 Å². The first kappa shape index (κ1) is 13.8. The van der Waals surface area contributed by atoms with Crippen LogP contribution >= 0.6 is 27.5 Å². The molecule has 0 unspecified atom stereocenters. The number of hydrazine groups is 1. The maximum absolute atomic E-state index is 12.1. The molecule has 0 radical (unpaired) electrons. The van der Waals surface area contributed by atoms with Gasteiger partial charge < -0.3 is 10.7 Å². The largest absolute Gasteiger partial charge is 0.322 e. The molecule has 1 aromatic heterocycles. The molecule has 7 heteroatoms. The molecule has 0 aliphatic heterocycles. The molecule has 1 aromatic carbocycles. The smallest absolute Gasteiger partial charge is 0.257 e. The van der Waals surface area contributed by atoms with Crippen LogP contribution in [0.15, 0.2) is 41.1 Å². The van der Waals surface area contributed by atoms with Gasteiger partial charge in [-0.1, -0.05) is 27.5 Å². The highest BCUT2D eigenvalue weighted by molar-refractivity contribution is 9.10. The first-order valence-corrected chi connectivity index (χ1v) is 6.46. The van der Waals surface area contributed by atoms with Crippen LogP contribution in [0.2, 0.25) is 5.02 Å². The van der Waals surface area contributed by atoms with Crippen molar-refractivity contribution in [3.8, 4) is 0 Å². The first-order chi connectivity index (χ1) is 9.11. The fourth-order valence-electron chi connectivity index (χ4n) is 1.49. The maximum Gasteiger partial charge on any atom is 0.257 e. The third-order valence-corrected chi connectivity index (χ3v) is 3.21. The van der Waals surface area contributed by atoms with Crippen molar-refractivity contribution in [2.75, 3.05) is 10.7 Å². The van der Waals surface area contributed by atoms with Crippen molar-refractivity contribution in [1.82, 2.24) is 4.98 Å². The predicted molar refractivity (Wildman–Crippen MR) is 79.2 cm³/mol. The number of nitrogens with one attached hydrogen (secondary N) is 2. The summed E-state index contributed by atoms with van der Waals surface area (Å²) in [7, 11) is 0. The minimum atomic E-state index is -0.320. The minimum absolute atomic E-state index is 0.320. The van der Waals surface area contributed by atoms with Gasteiger partial charge in [0.15, 0.2) is 0 Å². The van der Waals surface area contributed by atoms with E-state index in [9.17, 15) is 4.79 Å². The highest BCUT2D eigenvalue weighted by atomic mass is 79.9. The molecule has 0 bridgehead atoms.